The fourth-order valence-corrected chi connectivity index (χ4v) is 4.79. The lowest BCUT2D eigenvalue weighted by Crippen LogP contribution is -2.16. The van der Waals surface area contributed by atoms with Gasteiger partial charge in [0.25, 0.3) is 0 Å². The van der Waals surface area contributed by atoms with Crippen molar-refractivity contribution in [3.63, 3.8) is 0 Å². The molecule has 1 fully saturated rings. The number of benzene rings is 3. The highest BCUT2D eigenvalue weighted by Gasteiger charge is 2.44. The van der Waals surface area contributed by atoms with Crippen LogP contribution >= 0.6 is 11.3 Å². The summed E-state index contributed by atoms with van der Waals surface area (Å²) in [7, 11) is 0. The summed E-state index contributed by atoms with van der Waals surface area (Å²) < 4.78 is 5.52. The summed E-state index contributed by atoms with van der Waals surface area (Å²) in [5, 5.41) is 2.78. The summed E-state index contributed by atoms with van der Waals surface area (Å²) >= 11 is 1.46. The normalized spacial score (nSPS) is 14.7. The van der Waals surface area contributed by atoms with Gasteiger partial charge in [0, 0.05) is 0 Å². The van der Waals surface area contributed by atoms with Crippen molar-refractivity contribution >= 4 is 29.5 Å². The molecule has 0 bridgehead atoms. The van der Waals surface area contributed by atoms with Crippen LogP contribution in [0.2, 0.25) is 0 Å². The van der Waals surface area contributed by atoms with Crippen molar-refractivity contribution < 1.29 is 14.3 Å². The van der Waals surface area contributed by atoms with Crippen LogP contribution in [0, 0.1) is 0 Å². The van der Waals surface area contributed by atoms with Crippen molar-refractivity contribution in [2.75, 3.05) is 5.32 Å². The van der Waals surface area contributed by atoms with Gasteiger partial charge in [-0.15, -0.1) is 11.3 Å². The van der Waals surface area contributed by atoms with Crippen LogP contribution in [0.4, 0.5) is 10.6 Å². The second kappa shape index (κ2) is 9.23. The van der Waals surface area contributed by atoms with Gasteiger partial charge in [-0.05, 0) is 47.6 Å². The zero-order valence-electron chi connectivity index (χ0n) is 18.7. The lowest BCUT2D eigenvalue weighted by atomic mass is 9.95. The van der Waals surface area contributed by atoms with Crippen molar-refractivity contribution in [2.45, 2.75) is 31.3 Å². The standard InChI is InChI=1S/C28H24N2O3S/c1-19(20-5-3-2-4-6-20)33-27(32)30-26-25(34-18-29-26)23-9-7-21(8-10-23)22-11-13-24(14-12-22)28(17-31)15-16-28/h2-14,17-19H,15-16H2,1H3,(H,30,32)/t19-/m1/s1. The summed E-state index contributed by atoms with van der Waals surface area (Å²) in [5.41, 5.74) is 6.62. The van der Waals surface area contributed by atoms with E-state index in [0.29, 0.717) is 5.82 Å². The van der Waals surface area contributed by atoms with Gasteiger partial charge in [0.15, 0.2) is 5.82 Å². The molecule has 0 saturated heterocycles. The molecule has 0 radical (unpaired) electrons. The minimum absolute atomic E-state index is 0.252. The van der Waals surface area contributed by atoms with E-state index in [0.717, 1.165) is 51.8 Å². The number of nitrogens with zero attached hydrogens (tertiary/aromatic N) is 1. The average Bonchev–Trinajstić information content (AvgIpc) is 3.56. The van der Waals surface area contributed by atoms with Gasteiger partial charge < -0.3 is 9.53 Å². The first-order valence-electron chi connectivity index (χ1n) is 11.2. The van der Waals surface area contributed by atoms with Crippen LogP contribution in [0.5, 0.6) is 0 Å². The summed E-state index contributed by atoms with van der Waals surface area (Å²) in [6, 6.07) is 26.0. The highest BCUT2D eigenvalue weighted by molar-refractivity contribution is 7.13. The number of hydrogen-bond acceptors (Lipinski definition) is 5. The third-order valence-electron chi connectivity index (χ3n) is 6.30. The molecule has 4 aromatic rings. The number of carbonyl (C=O) groups is 2. The molecule has 0 spiro atoms. The van der Waals surface area contributed by atoms with E-state index in [9.17, 15) is 9.59 Å². The Morgan fingerprint density at radius 2 is 1.59 bits per heavy atom. The van der Waals surface area contributed by atoms with Gasteiger partial charge >= 0.3 is 6.09 Å². The van der Waals surface area contributed by atoms with Crippen LogP contribution in [0.3, 0.4) is 0 Å². The Labute approximate surface area is 202 Å². The lowest BCUT2D eigenvalue weighted by Gasteiger charge is -2.14. The molecule has 1 aliphatic carbocycles. The van der Waals surface area contributed by atoms with Gasteiger partial charge in [-0.2, -0.15) is 0 Å². The first kappa shape index (κ1) is 22.0. The van der Waals surface area contributed by atoms with Gasteiger partial charge in [-0.25, -0.2) is 9.78 Å². The molecule has 5 rings (SSSR count). The third kappa shape index (κ3) is 4.50. The van der Waals surface area contributed by atoms with Crippen LogP contribution in [-0.4, -0.2) is 17.4 Å². The zero-order chi connectivity index (χ0) is 23.5. The van der Waals surface area contributed by atoms with Gasteiger partial charge in [0.05, 0.1) is 15.8 Å². The molecular weight excluding hydrogens is 444 g/mol. The highest BCUT2D eigenvalue weighted by Crippen LogP contribution is 2.46. The number of aldehydes is 1. The molecule has 1 atom stereocenters. The summed E-state index contributed by atoms with van der Waals surface area (Å²) in [5.74, 6) is 0.482. The van der Waals surface area contributed by atoms with E-state index in [4.69, 9.17) is 4.74 Å². The number of anilines is 1. The molecule has 1 amide bonds. The maximum absolute atomic E-state index is 12.5. The number of thiazole rings is 1. The van der Waals surface area contributed by atoms with Crippen molar-refractivity contribution in [1.29, 1.82) is 0 Å². The lowest BCUT2D eigenvalue weighted by molar-refractivity contribution is -0.109. The molecule has 1 aliphatic rings. The number of hydrogen-bond donors (Lipinski definition) is 1. The molecule has 1 aromatic heterocycles. The fourth-order valence-electron chi connectivity index (χ4n) is 4.04. The molecule has 1 saturated carbocycles. The molecule has 0 aliphatic heterocycles. The molecule has 6 heteroatoms. The van der Waals surface area contributed by atoms with Crippen LogP contribution in [-0.2, 0) is 14.9 Å². The van der Waals surface area contributed by atoms with E-state index in [-0.39, 0.29) is 11.5 Å². The number of nitrogens with one attached hydrogen (secondary N) is 1. The summed E-state index contributed by atoms with van der Waals surface area (Å²) in [4.78, 5) is 29.0. The Bertz CT molecular complexity index is 1290. The Hall–Kier alpha value is -3.77. The van der Waals surface area contributed by atoms with Crippen molar-refractivity contribution in [3.05, 3.63) is 95.5 Å². The van der Waals surface area contributed by atoms with Crippen LogP contribution in [0.1, 0.15) is 37.0 Å². The minimum Gasteiger partial charge on any atom is -0.441 e. The topological polar surface area (TPSA) is 68.3 Å². The fraction of sp³-hybridized carbons (Fsp3) is 0.179. The summed E-state index contributed by atoms with van der Waals surface area (Å²) in [6.07, 6.45) is 2.05. The molecule has 0 unspecified atom stereocenters. The van der Waals surface area contributed by atoms with Crippen molar-refractivity contribution in [2.24, 2.45) is 0 Å². The van der Waals surface area contributed by atoms with Crippen LogP contribution < -0.4 is 5.32 Å². The molecule has 1 N–H and O–H groups in total. The van der Waals surface area contributed by atoms with E-state index in [1.54, 1.807) is 5.51 Å². The number of aromatic nitrogens is 1. The molecule has 3 aromatic carbocycles. The number of ether oxygens (including phenoxy) is 1. The van der Waals surface area contributed by atoms with E-state index in [1.165, 1.54) is 11.3 Å². The number of rotatable bonds is 7. The Morgan fingerprint density at radius 1 is 0.971 bits per heavy atom. The average molecular weight is 469 g/mol. The van der Waals surface area contributed by atoms with Crippen molar-refractivity contribution in [3.8, 4) is 21.6 Å². The van der Waals surface area contributed by atoms with Gasteiger partial charge in [0.2, 0.25) is 0 Å². The third-order valence-corrected chi connectivity index (χ3v) is 7.17. The summed E-state index contributed by atoms with van der Waals surface area (Å²) in [6.45, 7) is 1.84. The van der Waals surface area contributed by atoms with Crippen LogP contribution in [0.25, 0.3) is 21.6 Å². The maximum Gasteiger partial charge on any atom is 0.413 e. The van der Waals surface area contributed by atoms with Crippen LogP contribution in [0.15, 0.2) is 84.4 Å². The second-order valence-electron chi connectivity index (χ2n) is 8.54. The molecule has 5 nitrogen and oxygen atoms in total. The maximum atomic E-state index is 12.5. The van der Waals surface area contributed by atoms with Gasteiger partial charge in [-0.3, -0.25) is 5.32 Å². The van der Waals surface area contributed by atoms with E-state index >= 15 is 0 Å². The molecular formula is C28H24N2O3S. The molecule has 170 valence electrons. The van der Waals surface area contributed by atoms with Crippen molar-refractivity contribution in [1.82, 2.24) is 4.98 Å². The Kier molecular flexibility index (Phi) is 5.99. The second-order valence-corrected chi connectivity index (χ2v) is 9.40. The van der Waals surface area contributed by atoms with E-state index in [2.05, 4.69) is 46.7 Å². The number of carbonyl (C=O) groups excluding carboxylic acids is 2. The first-order chi connectivity index (χ1) is 16.6. The smallest absolute Gasteiger partial charge is 0.413 e. The number of amides is 1. The highest BCUT2D eigenvalue weighted by atomic mass is 32.1. The minimum atomic E-state index is -0.538. The van der Waals surface area contributed by atoms with E-state index in [1.807, 2.05) is 49.4 Å². The molecule has 34 heavy (non-hydrogen) atoms. The van der Waals surface area contributed by atoms with Gasteiger partial charge in [-0.1, -0.05) is 78.9 Å². The first-order valence-corrected chi connectivity index (χ1v) is 12.1. The monoisotopic (exact) mass is 468 g/mol. The molecule has 1 heterocycles. The predicted octanol–water partition coefficient (Wildman–Crippen LogP) is 7.02. The Morgan fingerprint density at radius 3 is 2.21 bits per heavy atom. The quantitative estimate of drug-likeness (QED) is 0.296. The predicted molar refractivity (Wildman–Crippen MR) is 135 cm³/mol. The van der Waals surface area contributed by atoms with Gasteiger partial charge in [0.1, 0.15) is 12.4 Å². The zero-order valence-corrected chi connectivity index (χ0v) is 19.5. The SMILES string of the molecule is C[C@@H](OC(=O)Nc1ncsc1-c1ccc(-c2ccc(C3(C=O)CC3)cc2)cc1)c1ccccc1. The largest absolute Gasteiger partial charge is 0.441 e. The Balaban J connectivity index is 1.27. The van der Waals surface area contributed by atoms with E-state index < -0.39 is 6.09 Å².